The molecule has 1 aromatic rings. The number of benzene rings is 1. The molecular weight excluding hydrogens is 328 g/mol. The number of hydrogen-bond donors (Lipinski definition) is 0. The van der Waals surface area contributed by atoms with Crippen LogP contribution < -0.4 is 0 Å². The number of likely N-dealkylation sites (tertiary alicyclic amines) is 1. The van der Waals surface area contributed by atoms with E-state index in [1.165, 1.54) is 18.4 Å². The minimum absolute atomic E-state index is 0.00705. The minimum Gasteiger partial charge on any atom is -0.384 e. The lowest BCUT2D eigenvalue weighted by Crippen LogP contribution is -2.53. The second kappa shape index (κ2) is 7.67. The Hall–Kier alpha value is -1.43. The lowest BCUT2D eigenvalue weighted by Gasteiger charge is -2.44. The number of hydrogen-bond acceptors (Lipinski definition) is 4. The van der Waals surface area contributed by atoms with Gasteiger partial charge >= 0.3 is 0 Å². The standard InChI is InChI=1S/C21H30N2O3/c1-25-16-21(9-10-21)20(24)23-13-14-26-18(15-22-11-5-6-12-22)19(23)17-7-3-2-4-8-17/h2-4,7-8,18-19H,5-6,9-16H2,1H3/t18-,19-/m0/s1. The van der Waals surface area contributed by atoms with Crippen LogP contribution in [0.4, 0.5) is 0 Å². The molecule has 0 unspecified atom stereocenters. The fraction of sp³-hybridized carbons (Fsp3) is 0.667. The molecule has 2 atom stereocenters. The molecule has 3 aliphatic rings. The van der Waals surface area contributed by atoms with Crippen molar-refractivity contribution in [3.05, 3.63) is 35.9 Å². The molecule has 5 nitrogen and oxygen atoms in total. The summed E-state index contributed by atoms with van der Waals surface area (Å²) < 4.78 is 11.6. The lowest BCUT2D eigenvalue weighted by atomic mass is 9.95. The van der Waals surface area contributed by atoms with Crippen molar-refractivity contribution in [2.45, 2.75) is 37.8 Å². The van der Waals surface area contributed by atoms with Crippen LogP contribution >= 0.6 is 0 Å². The van der Waals surface area contributed by atoms with Crippen molar-refractivity contribution in [2.75, 3.05) is 46.5 Å². The number of ether oxygens (including phenoxy) is 2. The fourth-order valence-electron chi connectivity index (χ4n) is 4.53. The van der Waals surface area contributed by atoms with E-state index in [9.17, 15) is 4.79 Å². The molecule has 0 radical (unpaired) electrons. The van der Waals surface area contributed by atoms with Gasteiger partial charge in [0.25, 0.3) is 0 Å². The normalized spacial score (nSPS) is 28.3. The fourth-order valence-corrected chi connectivity index (χ4v) is 4.53. The third-order valence-electron chi connectivity index (χ3n) is 6.12. The van der Waals surface area contributed by atoms with Gasteiger partial charge in [0.15, 0.2) is 0 Å². The van der Waals surface area contributed by atoms with Crippen molar-refractivity contribution in [3.63, 3.8) is 0 Å². The van der Waals surface area contributed by atoms with Crippen LogP contribution in [-0.2, 0) is 14.3 Å². The van der Waals surface area contributed by atoms with E-state index in [0.717, 1.165) is 32.5 Å². The highest BCUT2D eigenvalue weighted by Crippen LogP contribution is 2.49. The lowest BCUT2D eigenvalue weighted by molar-refractivity contribution is -0.155. The molecule has 3 fully saturated rings. The Morgan fingerprint density at radius 3 is 2.58 bits per heavy atom. The summed E-state index contributed by atoms with van der Waals surface area (Å²) in [5.74, 6) is 0.253. The quantitative estimate of drug-likeness (QED) is 0.783. The predicted octanol–water partition coefficient (Wildman–Crippen LogP) is 2.48. The summed E-state index contributed by atoms with van der Waals surface area (Å²) in [5.41, 5.74) is 0.884. The molecular formula is C21H30N2O3. The molecule has 0 aromatic heterocycles. The zero-order valence-electron chi connectivity index (χ0n) is 15.7. The zero-order valence-corrected chi connectivity index (χ0v) is 15.7. The SMILES string of the molecule is COCC1(C(=O)N2CCO[C@@H](CN3CCCC3)[C@@H]2c2ccccc2)CC1. The van der Waals surface area contributed by atoms with Crippen molar-refractivity contribution < 1.29 is 14.3 Å². The molecule has 2 saturated heterocycles. The first-order chi connectivity index (χ1) is 12.7. The van der Waals surface area contributed by atoms with E-state index < -0.39 is 0 Å². The summed E-state index contributed by atoms with van der Waals surface area (Å²) in [6, 6.07) is 10.4. The number of carbonyl (C=O) groups is 1. The highest BCUT2D eigenvalue weighted by Gasteiger charge is 2.54. The maximum atomic E-state index is 13.4. The van der Waals surface area contributed by atoms with Crippen molar-refractivity contribution in [3.8, 4) is 0 Å². The average Bonchev–Trinajstić information content (AvgIpc) is 3.28. The van der Waals surface area contributed by atoms with E-state index in [-0.39, 0.29) is 23.5 Å². The summed E-state index contributed by atoms with van der Waals surface area (Å²) in [5, 5.41) is 0. The van der Waals surface area contributed by atoms with E-state index in [1.807, 2.05) is 6.07 Å². The Balaban J connectivity index is 1.59. The Labute approximate surface area is 156 Å². The van der Waals surface area contributed by atoms with Crippen LogP contribution in [0.5, 0.6) is 0 Å². The molecule has 2 heterocycles. The predicted molar refractivity (Wildman–Crippen MR) is 99.9 cm³/mol. The van der Waals surface area contributed by atoms with Crippen molar-refractivity contribution >= 4 is 5.91 Å². The van der Waals surface area contributed by atoms with E-state index in [0.29, 0.717) is 19.8 Å². The van der Waals surface area contributed by atoms with Gasteiger partial charge in [-0.05, 0) is 44.3 Å². The second-order valence-electron chi connectivity index (χ2n) is 7.98. The molecule has 1 saturated carbocycles. The number of rotatable bonds is 6. The van der Waals surface area contributed by atoms with Gasteiger partial charge in [0.05, 0.1) is 30.8 Å². The second-order valence-corrected chi connectivity index (χ2v) is 7.98. The maximum absolute atomic E-state index is 13.4. The monoisotopic (exact) mass is 358 g/mol. The van der Waals surface area contributed by atoms with Crippen LogP contribution in [0.1, 0.15) is 37.3 Å². The molecule has 4 rings (SSSR count). The summed E-state index contributed by atoms with van der Waals surface area (Å²) in [6.07, 6.45) is 4.45. The minimum atomic E-state index is -0.294. The average molecular weight is 358 g/mol. The molecule has 0 N–H and O–H groups in total. The molecule has 26 heavy (non-hydrogen) atoms. The van der Waals surface area contributed by atoms with Crippen LogP contribution in [0.2, 0.25) is 0 Å². The Morgan fingerprint density at radius 1 is 1.19 bits per heavy atom. The number of carbonyl (C=O) groups excluding carboxylic acids is 1. The van der Waals surface area contributed by atoms with E-state index in [4.69, 9.17) is 9.47 Å². The Morgan fingerprint density at radius 2 is 1.92 bits per heavy atom. The van der Waals surface area contributed by atoms with Gasteiger partial charge < -0.3 is 19.3 Å². The molecule has 0 spiro atoms. The molecule has 0 bridgehead atoms. The first-order valence-electron chi connectivity index (χ1n) is 9.92. The van der Waals surface area contributed by atoms with Gasteiger partial charge in [0, 0.05) is 20.2 Å². The number of morpholine rings is 1. The number of nitrogens with zero attached hydrogens (tertiary/aromatic N) is 2. The van der Waals surface area contributed by atoms with Gasteiger partial charge in [-0.2, -0.15) is 0 Å². The largest absolute Gasteiger partial charge is 0.384 e. The number of amides is 1. The van der Waals surface area contributed by atoms with Gasteiger partial charge in [-0.3, -0.25) is 4.79 Å². The summed E-state index contributed by atoms with van der Waals surface area (Å²) in [7, 11) is 1.69. The maximum Gasteiger partial charge on any atom is 0.231 e. The van der Waals surface area contributed by atoms with E-state index in [1.54, 1.807) is 7.11 Å². The molecule has 2 aliphatic heterocycles. The highest BCUT2D eigenvalue weighted by atomic mass is 16.5. The first kappa shape index (κ1) is 18.0. The smallest absolute Gasteiger partial charge is 0.231 e. The third-order valence-corrected chi connectivity index (χ3v) is 6.12. The van der Waals surface area contributed by atoms with E-state index in [2.05, 4.69) is 34.1 Å². The number of methoxy groups -OCH3 is 1. The first-order valence-corrected chi connectivity index (χ1v) is 9.92. The summed E-state index contributed by atoms with van der Waals surface area (Å²) >= 11 is 0. The summed E-state index contributed by atoms with van der Waals surface area (Å²) in [4.78, 5) is 18.0. The molecule has 142 valence electrons. The van der Waals surface area contributed by atoms with Crippen molar-refractivity contribution in [1.82, 2.24) is 9.80 Å². The molecule has 1 aliphatic carbocycles. The highest BCUT2D eigenvalue weighted by molar-refractivity contribution is 5.86. The van der Waals surface area contributed by atoms with Crippen LogP contribution in [0.3, 0.4) is 0 Å². The third kappa shape index (κ3) is 3.53. The van der Waals surface area contributed by atoms with Gasteiger partial charge in [0.2, 0.25) is 5.91 Å². The van der Waals surface area contributed by atoms with Crippen LogP contribution in [0.25, 0.3) is 0 Å². The van der Waals surface area contributed by atoms with Crippen molar-refractivity contribution in [2.24, 2.45) is 5.41 Å². The van der Waals surface area contributed by atoms with Crippen LogP contribution in [0.15, 0.2) is 30.3 Å². The van der Waals surface area contributed by atoms with Crippen LogP contribution in [0, 0.1) is 5.41 Å². The van der Waals surface area contributed by atoms with Gasteiger partial charge in [-0.15, -0.1) is 0 Å². The molecule has 1 aromatic carbocycles. The zero-order chi connectivity index (χ0) is 18.0. The van der Waals surface area contributed by atoms with Gasteiger partial charge in [0.1, 0.15) is 0 Å². The molecule has 1 amide bonds. The van der Waals surface area contributed by atoms with Gasteiger partial charge in [-0.1, -0.05) is 30.3 Å². The Bertz CT molecular complexity index is 611. The Kier molecular flexibility index (Phi) is 5.30. The van der Waals surface area contributed by atoms with Crippen molar-refractivity contribution in [1.29, 1.82) is 0 Å². The molecule has 5 heteroatoms. The topological polar surface area (TPSA) is 42.0 Å². The van der Waals surface area contributed by atoms with Gasteiger partial charge in [-0.25, -0.2) is 0 Å². The van der Waals surface area contributed by atoms with Crippen LogP contribution in [-0.4, -0.2) is 68.3 Å². The van der Waals surface area contributed by atoms with E-state index >= 15 is 0 Å². The summed E-state index contributed by atoms with van der Waals surface area (Å²) in [6.45, 7) is 5.00.